The van der Waals surface area contributed by atoms with Gasteiger partial charge in [-0.05, 0) is 93.5 Å². The summed E-state index contributed by atoms with van der Waals surface area (Å²) in [6.45, 7) is 6.32. The lowest BCUT2D eigenvalue weighted by Crippen LogP contribution is -2.57. The molecule has 242 valence electrons. The number of amides is 2. The first kappa shape index (κ1) is 34.0. The van der Waals surface area contributed by atoms with Crippen LogP contribution in [-0.4, -0.2) is 85.6 Å². The van der Waals surface area contributed by atoms with Gasteiger partial charge in [0, 0.05) is 43.5 Å². The molecule has 3 N–H and O–H groups in total. The summed E-state index contributed by atoms with van der Waals surface area (Å²) >= 11 is 0. The van der Waals surface area contributed by atoms with Crippen LogP contribution >= 0.6 is 0 Å². The van der Waals surface area contributed by atoms with Crippen molar-refractivity contribution in [3.8, 4) is 0 Å². The molecule has 0 aromatic heterocycles. The van der Waals surface area contributed by atoms with Crippen LogP contribution in [0.1, 0.15) is 83.7 Å². The Hall–Kier alpha value is -2.92. The average molecular weight is 616 g/mol. The molecule has 0 radical (unpaired) electrons. The Balaban J connectivity index is 1.53. The highest BCUT2D eigenvalue weighted by Gasteiger charge is 2.34. The van der Waals surface area contributed by atoms with Gasteiger partial charge in [-0.2, -0.15) is 0 Å². The van der Waals surface area contributed by atoms with E-state index in [4.69, 9.17) is 9.47 Å². The van der Waals surface area contributed by atoms with Crippen molar-refractivity contribution < 1.29 is 33.0 Å². The number of carbonyl (C=O) groups excluding carboxylic acids is 2. The number of benzene rings is 2. The summed E-state index contributed by atoms with van der Waals surface area (Å²) < 4.78 is 39.6. The molecule has 2 aromatic rings. The SMILES string of the molecule is CCCCCO[C@H]1CCN[C@@H]([C@@H](O)[C@H](Cc2cc(F)cc(F)c2)NC(=O)c2cc(C)cc(C(=O)N3CCC[C@@H]3COC)c2)C1. The van der Waals surface area contributed by atoms with Gasteiger partial charge < -0.3 is 30.1 Å². The smallest absolute Gasteiger partial charge is 0.254 e. The summed E-state index contributed by atoms with van der Waals surface area (Å²) in [7, 11) is 1.61. The van der Waals surface area contributed by atoms with Crippen molar-refractivity contribution in [1.29, 1.82) is 0 Å². The van der Waals surface area contributed by atoms with E-state index in [0.717, 1.165) is 50.2 Å². The van der Waals surface area contributed by atoms with Crippen LogP contribution in [-0.2, 0) is 15.9 Å². The molecule has 4 rings (SSSR count). The van der Waals surface area contributed by atoms with Crippen LogP contribution in [0.4, 0.5) is 8.78 Å². The maximum atomic E-state index is 14.1. The number of likely N-dealkylation sites (tertiary alicyclic amines) is 1. The number of hydrogen-bond acceptors (Lipinski definition) is 6. The molecule has 0 saturated carbocycles. The molecule has 5 atom stereocenters. The van der Waals surface area contributed by atoms with Gasteiger partial charge in [0.1, 0.15) is 11.6 Å². The zero-order valence-corrected chi connectivity index (χ0v) is 26.1. The number of methoxy groups -OCH3 is 1. The number of aliphatic hydroxyl groups excluding tert-OH is 1. The second kappa shape index (κ2) is 16.4. The van der Waals surface area contributed by atoms with E-state index < -0.39 is 35.7 Å². The lowest BCUT2D eigenvalue weighted by molar-refractivity contribution is -0.00873. The first-order valence-corrected chi connectivity index (χ1v) is 15.9. The summed E-state index contributed by atoms with van der Waals surface area (Å²) in [5.41, 5.74) is 1.73. The van der Waals surface area contributed by atoms with Crippen LogP contribution in [0.2, 0.25) is 0 Å². The van der Waals surface area contributed by atoms with Crippen LogP contribution in [0.15, 0.2) is 36.4 Å². The minimum Gasteiger partial charge on any atom is -0.389 e. The average Bonchev–Trinajstić information content (AvgIpc) is 3.46. The van der Waals surface area contributed by atoms with E-state index in [1.165, 1.54) is 12.1 Å². The summed E-state index contributed by atoms with van der Waals surface area (Å²) in [4.78, 5) is 28.9. The number of halogens is 2. The molecule has 2 saturated heterocycles. The zero-order chi connectivity index (χ0) is 31.6. The highest BCUT2D eigenvalue weighted by Crippen LogP contribution is 2.23. The molecule has 0 aliphatic carbocycles. The van der Waals surface area contributed by atoms with Crippen molar-refractivity contribution in [1.82, 2.24) is 15.5 Å². The van der Waals surface area contributed by atoms with E-state index in [1.54, 1.807) is 30.2 Å². The Morgan fingerprint density at radius 3 is 2.57 bits per heavy atom. The van der Waals surface area contributed by atoms with Crippen molar-refractivity contribution in [3.05, 3.63) is 70.3 Å². The third-order valence-corrected chi connectivity index (χ3v) is 8.59. The number of unbranched alkanes of at least 4 members (excludes halogenated alkanes) is 2. The highest BCUT2D eigenvalue weighted by molar-refractivity contribution is 6.00. The van der Waals surface area contributed by atoms with Crippen molar-refractivity contribution in [2.45, 2.75) is 95.5 Å². The topological polar surface area (TPSA) is 100 Å². The quantitative estimate of drug-likeness (QED) is 0.270. The Morgan fingerprint density at radius 1 is 1.09 bits per heavy atom. The molecule has 0 bridgehead atoms. The molecule has 44 heavy (non-hydrogen) atoms. The minimum atomic E-state index is -1.07. The van der Waals surface area contributed by atoms with Crippen LogP contribution < -0.4 is 10.6 Å². The van der Waals surface area contributed by atoms with Gasteiger partial charge in [-0.25, -0.2) is 8.78 Å². The highest BCUT2D eigenvalue weighted by atomic mass is 19.1. The fraction of sp³-hybridized carbons (Fsp3) is 0.588. The molecule has 0 unspecified atom stereocenters. The third-order valence-electron chi connectivity index (χ3n) is 8.59. The molecule has 2 aliphatic heterocycles. The first-order chi connectivity index (χ1) is 21.2. The predicted octanol–water partition coefficient (Wildman–Crippen LogP) is 4.55. The maximum absolute atomic E-state index is 14.1. The zero-order valence-electron chi connectivity index (χ0n) is 26.1. The summed E-state index contributed by atoms with van der Waals surface area (Å²) in [5, 5.41) is 17.9. The molecular formula is C34H47F2N3O5. The van der Waals surface area contributed by atoms with Crippen molar-refractivity contribution in [2.75, 3.05) is 33.4 Å². The molecule has 8 nitrogen and oxygen atoms in total. The summed E-state index contributed by atoms with van der Waals surface area (Å²) in [5.74, 6) is -2.11. The molecule has 10 heteroatoms. The first-order valence-electron chi connectivity index (χ1n) is 15.9. The van der Waals surface area contributed by atoms with Crippen molar-refractivity contribution >= 4 is 11.8 Å². The number of aryl methyl sites for hydroxylation is 1. The number of nitrogens with one attached hydrogen (secondary N) is 2. The second-order valence-electron chi connectivity index (χ2n) is 12.2. The number of carbonyl (C=O) groups is 2. The van der Waals surface area contributed by atoms with Gasteiger partial charge in [0.2, 0.25) is 0 Å². The van der Waals surface area contributed by atoms with Gasteiger partial charge in [0.25, 0.3) is 11.8 Å². The molecular weight excluding hydrogens is 568 g/mol. The summed E-state index contributed by atoms with van der Waals surface area (Å²) in [6, 6.07) is 6.94. The van der Waals surface area contributed by atoms with E-state index in [0.29, 0.717) is 43.9 Å². The van der Waals surface area contributed by atoms with Gasteiger partial charge in [-0.1, -0.05) is 19.8 Å². The second-order valence-corrected chi connectivity index (χ2v) is 12.2. The number of nitrogens with zero attached hydrogens (tertiary/aromatic N) is 1. The maximum Gasteiger partial charge on any atom is 0.254 e. The predicted molar refractivity (Wildman–Crippen MR) is 165 cm³/mol. The Bertz CT molecular complexity index is 1240. The summed E-state index contributed by atoms with van der Waals surface area (Å²) in [6.07, 6.45) is 5.16. The Morgan fingerprint density at radius 2 is 1.84 bits per heavy atom. The lowest BCUT2D eigenvalue weighted by atomic mass is 9.90. The van der Waals surface area contributed by atoms with Gasteiger partial charge in [-0.3, -0.25) is 9.59 Å². The van der Waals surface area contributed by atoms with Crippen molar-refractivity contribution in [2.24, 2.45) is 0 Å². The monoisotopic (exact) mass is 615 g/mol. The number of hydrogen-bond donors (Lipinski definition) is 3. The van der Waals surface area contributed by atoms with Gasteiger partial charge in [0.15, 0.2) is 0 Å². The van der Waals surface area contributed by atoms with E-state index in [2.05, 4.69) is 17.6 Å². The number of ether oxygens (including phenoxy) is 2. The van der Waals surface area contributed by atoms with Gasteiger partial charge >= 0.3 is 0 Å². The van der Waals surface area contributed by atoms with Gasteiger partial charge in [0.05, 0.1) is 30.9 Å². The standard InChI is InChI=1S/C34H47F2N3O5/c1-4-5-6-12-44-29-9-10-37-30(20-29)32(40)31(17-23-15-26(35)19-27(36)16-23)38-33(41)24-13-22(2)14-25(18-24)34(42)39-11-7-8-28(39)21-43-3/h13-16,18-19,28-32,37,40H,4-12,17,20-21H2,1-3H3,(H,38,41)/t28-,29+,30-,31+,32-/m1/s1. The van der Waals surface area contributed by atoms with Crippen LogP contribution in [0.3, 0.4) is 0 Å². The number of aliphatic hydroxyl groups is 1. The van der Waals surface area contributed by atoms with Crippen LogP contribution in [0.25, 0.3) is 0 Å². The van der Waals surface area contributed by atoms with Gasteiger partial charge in [-0.15, -0.1) is 0 Å². The molecule has 2 fully saturated rings. The van der Waals surface area contributed by atoms with E-state index in [1.807, 2.05) is 6.92 Å². The number of piperidine rings is 1. The van der Waals surface area contributed by atoms with E-state index in [-0.39, 0.29) is 30.0 Å². The molecule has 0 spiro atoms. The third kappa shape index (κ3) is 9.30. The molecule has 2 amide bonds. The molecule has 2 aromatic carbocycles. The molecule has 2 aliphatic rings. The fourth-order valence-corrected chi connectivity index (χ4v) is 6.37. The normalized spacial score (nSPS) is 21.7. The largest absolute Gasteiger partial charge is 0.389 e. The van der Waals surface area contributed by atoms with E-state index >= 15 is 0 Å². The fourth-order valence-electron chi connectivity index (χ4n) is 6.37. The Labute approximate surface area is 259 Å². The van der Waals surface area contributed by atoms with Crippen LogP contribution in [0, 0.1) is 18.6 Å². The Kier molecular flexibility index (Phi) is 12.7. The minimum absolute atomic E-state index is 0.00582. The lowest BCUT2D eigenvalue weighted by Gasteiger charge is -2.37. The van der Waals surface area contributed by atoms with Crippen LogP contribution in [0.5, 0.6) is 0 Å². The number of rotatable bonds is 14. The molecule has 2 heterocycles. The van der Waals surface area contributed by atoms with Crippen molar-refractivity contribution in [3.63, 3.8) is 0 Å². The van der Waals surface area contributed by atoms with E-state index in [9.17, 15) is 23.5 Å².